The van der Waals surface area contributed by atoms with Crippen molar-refractivity contribution in [1.82, 2.24) is 10.6 Å². The fraction of sp³-hybridized carbons (Fsp3) is 0.650. The SMILES string of the molecule is CCNC(=NCc1cc(OC)ccc1O)NCC1(CCOC)CCCC1. The van der Waals surface area contributed by atoms with Crippen molar-refractivity contribution in [2.75, 3.05) is 33.9 Å². The van der Waals surface area contributed by atoms with Gasteiger partial charge < -0.3 is 25.2 Å². The molecule has 0 atom stereocenters. The van der Waals surface area contributed by atoms with E-state index in [2.05, 4.69) is 22.5 Å². The summed E-state index contributed by atoms with van der Waals surface area (Å²) in [7, 11) is 3.38. The minimum atomic E-state index is 0.234. The molecule has 0 heterocycles. The fourth-order valence-electron chi connectivity index (χ4n) is 3.55. The Balaban J connectivity index is 2.02. The molecule has 1 fully saturated rings. The molecule has 0 amide bonds. The highest BCUT2D eigenvalue weighted by molar-refractivity contribution is 5.79. The molecule has 0 spiro atoms. The Kier molecular flexibility index (Phi) is 8.04. The van der Waals surface area contributed by atoms with Crippen molar-refractivity contribution in [3.63, 3.8) is 0 Å². The second-order valence-corrected chi connectivity index (χ2v) is 6.99. The van der Waals surface area contributed by atoms with Crippen LogP contribution in [0.3, 0.4) is 0 Å². The maximum atomic E-state index is 10.0. The van der Waals surface area contributed by atoms with E-state index in [1.807, 2.05) is 6.07 Å². The van der Waals surface area contributed by atoms with E-state index < -0.39 is 0 Å². The highest BCUT2D eigenvalue weighted by atomic mass is 16.5. The normalized spacial score (nSPS) is 16.5. The Morgan fingerprint density at radius 2 is 2.00 bits per heavy atom. The molecule has 6 nitrogen and oxygen atoms in total. The fourth-order valence-corrected chi connectivity index (χ4v) is 3.55. The number of methoxy groups -OCH3 is 2. The van der Waals surface area contributed by atoms with Crippen LogP contribution in [-0.4, -0.2) is 45.0 Å². The van der Waals surface area contributed by atoms with E-state index in [-0.39, 0.29) is 5.75 Å². The smallest absolute Gasteiger partial charge is 0.191 e. The number of guanidine groups is 1. The topological polar surface area (TPSA) is 75.1 Å². The number of nitrogens with zero attached hydrogens (tertiary/aromatic N) is 1. The molecule has 1 saturated carbocycles. The number of benzene rings is 1. The molecule has 1 aromatic rings. The number of phenolic OH excluding ortho intramolecular Hbond substituents is 1. The van der Waals surface area contributed by atoms with Crippen molar-refractivity contribution in [3.05, 3.63) is 23.8 Å². The summed E-state index contributed by atoms with van der Waals surface area (Å²) in [6, 6.07) is 5.20. The summed E-state index contributed by atoms with van der Waals surface area (Å²) in [4.78, 5) is 4.64. The zero-order valence-corrected chi connectivity index (χ0v) is 16.3. The molecule has 6 heteroatoms. The van der Waals surface area contributed by atoms with Crippen molar-refractivity contribution >= 4 is 5.96 Å². The maximum Gasteiger partial charge on any atom is 0.191 e. The predicted octanol–water partition coefficient (Wildman–Crippen LogP) is 3.05. The summed E-state index contributed by atoms with van der Waals surface area (Å²) in [5, 5.41) is 16.8. The van der Waals surface area contributed by atoms with Crippen molar-refractivity contribution in [2.45, 2.75) is 45.6 Å². The van der Waals surface area contributed by atoms with Crippen LogP contribution in [0.1, 0.15) is 44.6 Å². The third-order valence-corrected chi connectivity index (χ3v) is 5.17. The monoisotopic (exact) mass is 363 g/mol. The number of phenols is 1. The first kappa shape index (κ1) is 20.4. The number of hydrogen-bond donors (Lipinski definition) is 3. The van der Waals surface area contributed by atoms with Crippen LogP contribution in [0.5, 0.6) is 11.5 Å². The molecule has 146 valence electrons. The first-order valence-corrected chi connectivity index (χ1v) is 9.49. The summed E-state index contributed by atoms with van der Waals surface area (Å²) in [6.07, 6.45) is 6.12. The molecule has 1 aliphatic carbocycles. The Morgan fingerprint density at radius 1 is 1.23 bits per heavy atom. The van der Waals surface area contributed by atoms with Crippen LogP contribution < -0.4 is 15.4 Å². The molecular formula is C20H33N3O3. The first-order chi connectivity index (χ1) is 12.6. The number of aliphatic imine (C=N–C) groups is 1. The van der Waals surface area contributed by atoms with Gasteiger partial charge in [0.25, 0.3) is 0 Å². The Bertz CT molecular complexity index is 584. The van der Waals surface area contributed by atoms with Gasteiger partial charge in [0.1, 0.15) is 11.5 Å². The van der Waals surface area contributed by atoms with Crippen LogP contribution in [0.4, 0.5) is 0 Å². The van der Waals surface area contributed by atoms with Gasteiger partial charge in [0.2, 0.25) is 0 Å². The number of rotatable bonds is 9. The van der Waals surface area contributed by atoms with E-state index >= 15 is 0 Å². The molecule has 0 saturated heterocycles. The van der Waals surface area contributed by atoms with Gasteiger partial charge in [-0.1, -0.05) is 12.8 Å². The van der Waals surface area contributed by atoms with Crippen LogP contribution >= 0.6 is 0 Å². The van der Waals surface area contributed by atoms with Crippen molar-refractivity contribution < 1.29 is 14.6 Å². The van der Waals surface area contributed by atoms with Gasteiger partial charge >= 0.3 is 0 Å². The summed E-state index contributed by atoms with van der Waals surface area (Å²) in [5.41, 5.74) is 1.04. The van der Waals surface area contributed by atoms with Crippen LogP contribution in [0.2, 0.25) is 0 Å². The molecule has 1 aliphatic rings. The number of aromatic hydroxyl groups is 1. The lowest BCUT2D eigenvalue weighted by atomic mass is 9.83. The zero-order valence-electron chi connectivity index (χ0n) is 16.3. The lowest BCUT2D eigenvalue weighted by molar-refractivity contribution is 0.138. The third kappa shape index (κ3) is 5.80. The van der Waals surface area contributed by atoms with E-state index in [0.717, 1.165) is 43.4 Å². The van der Waals surface area contributed by atoms with Crippen molar-refractivity contribution in [3.8, 4) is 11.5 Å². The first-order valence-electron chi connectivity index (χ1n) is 9.49. The molecular weight excluding hydrogens is 330 g/mol. The van der Waals surface area contributed by atoms with Gasteiger partial charge in [-0.2, -0.15) is 0 Å². The minimum Gasteiger partial charge on any atom is -0.508 e. The van der Waals surface area contributed by atoms with Crippen LogP contribution in [-0.2, 0) is 11.3 Å². The van der Waals surface area contributed by atoms with Gasteiger partial charge in [-0.3, -0.25) is 0 Å². The van der Waals surface area contributed by atoms with Gasteiger partial charge in [0.05, 0.1) is 13.7 Å². The third-order valence-electron chi connectivity index (χ3n) is 5.17. The average molecular weight is 364 g/mol. The van der Waals surface area contributed by atoms with Gasteiger partial charge in [0.15, 0.2) is 5.96 Å². The van der Waals surface area contributed by atoms with Crippen LogP contribution in [0, 0.1) is 5.41 Å². The Labute approximate surface area is 157 Å². The van der Waals surface area contributed by atoms with Crippen LogP contribution in [0.15, 0.2) is 23.2 Å². The summed E-state index contributed by atoms with van der Waals surface area (Å²) < 4.78 is 10.5. The van der Waals surface area contributed by atoms with E-state index in [1.54, 1.807) is 26.4 Å². The molecule has 1 aromatic carbocycles. The van der Waals surface area contributed by atoms with E-state index in [0.29, 0.717) is 12.0 Å². The maximum absolute atomic E-state index is 10.0. The highest BCUT2D eigenvalue weighted by Gasteiger charge is 2.33. The summed E-state index contributed by atoms with van der Waals surface area (Å²) in [5.74, 6) is 1.73. The number of hydrogen-bond acceptors (Lipinski definition) is 4. The highest BCUT2D eigenvalue weighted by Crippen LogP contribution is 2.40. The van der Waals surface area contributed by atoms with Gasteiger partial charge in [-0.25, -0.2) is 4.99 Å². The Hall–Kier alpha value is -1.95. The largest absolute Gasteiger partial charge is 0.508 e. The van der Waals surface area contributed by atoms with Gasteiger partial charge in [-0.15, -0.1) is 0 Å². The molecule has 0 unspecified atom stereocenters. The molecule has 2 rings (SSSR count). The predicted molar refractivity (Wildman–Crippen MR) is 105 cm³/mol. The molecule has 0 bridgehead atoms. The van der Waals surface area contributed by atoms with Gasteiger partial charge in [0, 0.05) is 32.4 Å². The second kappa shape index (κ2) is 10.3. The standard InChI is InChI=1S/C20H33N3O3/c1-4-21-19(22-14-16-13-17(26-3)7-8-18(16)24)23-15-20(11-12-25-2)9-5-6-10-20/h7-8,13,24H,4-6,9-12,14-15H2,1-3H3,(H2,21,22,23). The molecule has 26 heavy (non-hydrogen) atoms. The number of nitrogens with one attached hydrogen (secondary N) is 2. The Morgan fingerprint density at radius 3 is 2.65 bits per heavy atom. The molecule has 3 N–H and O–H groups in total. The number of ether oxygens (including phenoxy) is 2. The van der Waals surface area contributed by atoms with Crippen LogP contribution in [0.25, 0.3) is 0 Å². The molecule has 0 radical (unpaired) electrons. The summed E-state index contributed by atoms with van der Waals surface area (Å²) >= 11 is 0. The lowest BCUT2D eigenvalue weighted by Crippen LogP contribution is -2.43. The lowest BCUT2D eigenvalue weighted by Gasteiger charge is -2.30. The van der Waals surface area contributed by atoms with Crippen molar-refractivity contribution in [1.29, 1.82) is 0 Å². The zero-order chi connectivity index (χ0) is 18.8. The van der Waals surface area contributed by atoms with Crippen molar-refractivity contribution in [2.24, 2.45) is 10.4 Å². The van der Waals surface area contributed by atoms with E-state index in [1.165, 1.54) is 25.7 Å². The second-order valence-electron chi connectivity index (χ2n) is 6.99. The summed E-state index contributed by atoms with van der Waals surface area (Å²) in [6.45, 7) is 4.93. The van der Waals surface area contributed by atoms with E-state index in [9.17, 15) is 5.11 Å². The van der Waals surface area contributed by atoms with E-state index in [4.69, 9.17) is 9.47 Å². The minimum absolute atomic E-state index is 0.234. The van der Waals surface area contributed by atoms with Gasteiger partial charge in [-0.05, 0) is 49.8 Å². The molecule has 0 aliphatic heterocycles. The quantitative estimate of drug-likeness (QED) is 0.464. The average Bonchev–Trinajstić information content (AvgIpc) is 3.12. The molecule has 0 aromatic heterocycles.